The molecule has 6 aromatic rings. The van der Waals surface area contributed by atoms with Crippen LogP contribution in [0.5, 0.6) is 0 Å². The lowest BCUT2D eigenvalue weighted by Crippen LogP contribution is -1.80. The quantitative estimate of drug-likeness (QED) is 0.245. The van der Waals surface area contributed by atoms with Crippen LogP contribution in [0.3, 0.4) is 0 Å². The Morgan fingerprint density at radius 2 is 1.29 bits per heavy atom. The summed E-state index contributed by atoms with van der Waals surface area (Å²) in [5, 5.41) is 8.53. The molecule has 1 heterocycles. The molecule has 0 saturated carbocycles. The number of hydrogen-bond acceptors (Lipinski definition) is 1. The summed E-state index contributed by atoms with van der Waals surface area (Å²) in [5.41, 5.74) is 2.51. The molecule has 0 bridgehead atoms. The van der Waals surface area contributed by atoms with Crippen LogP contribution in [0.25, 0.3) is 52.8 Å². The predicted molar refractivity (Wildman–Crippen MR) is 125 cm³/mol. The molecule has 0 unspecified atom stereocenters. The molecule has 5 aromatic carbocycles. The fourth-order valence-corrected chi connectivity index (χ4v) is 5.71. The molecule has 0 saturated heterocycles. The Morgan fingerprint density at radius 3 is 2.14 bits per heavy atom. The molecule has 0 aliphatic carbocycles. The van der Waals surface area contributed by atoms with Crippen molar-refractivity contribution in [1.29, 1.82) is 0 Å². The molecule has 0 amide bonds. The molecular formula is C26H15ClS. The fourth-order valence-electron chi connectivity index (χ4n) is 4.24. The maximum Gasteiger partial charge on any atom is 0.0440 e. The number of thiophene rings is 1. The van der Waals surface area contributed by atoms with Gasteiger partial charge in [-0.05, 0) is 45.5 Å². The Bertz CT molecular complexity index is 1510. The average Bonchev–Trinajstić information content (AvgIpc) is 3.13. The molecule has 132 valence electrons. The SMILES string of the molecule is Clc1ccc2c(c1)c1ccccc1c1c3ccc(-c4ccccc4)cc3sc21. The number of halogens is 1. The highest BCUT2D eigenvalue weighted by Gasteiger charge is 2.14. The largest absolute Gasteiger partial charge is 0.134 e. The Morgan fingerprint density at radius 1 is 0.536 bits per heavy atom. The minimum atomic E-state index is 0.782. The van der Waals surface area contributed by atoms with E-state index in [0.717, 1.165) is 5.02 Å². The average molecular weight is 395 g/mol. The van der Waals surface area contributed by atoms with Crippen molar-refractivity contribution in [2.45, 2.75) is 0 Å². The van der Waals surface area contributed by atoms with Gasteiger partial charge in [0.25, 0.3) is 0 Å². The summed E-state index contributed by atoms with van der Waals surface area (Å²) in [5.74, 6) is 0. The van der Waals surface area contributed by atoms with Gasteiger partial charge in [-0.3, -0.25) is 0 Å². The third kappa shape index (κ3) is 2.30. The third-order valence-electron chi connectivity index (χ3n) is 5.51. The van der Waals surface area contributed by atoms with Crippen molar-refractivity contribution in [1.82, 2.24) is 0 Å². The number of hydrogen-bond donors (Lipinski definition) is 0. The summed E-state index contributed by atoms with van der Waals surface area (Å²) in [6.45, 7) is 0. The first-order chi connectivity index (χ1) is 13.8. The first kappa shape index (κ1) is 16.1. The maximum atomic E-state index is 6.34. The monoisotopic (exact) mass is 394 g/mol. The zero-order valence-corrected chi connectivity index (χ0v) is 16.5. The highest BCUT2D eigenvalue weighted by atomic mass is 35.5. The van der Waals surface area contributed by atoms with E-state index in [0.29, 0.717) is 0 Å². The van der Waals surface area contributed by atoms with Crippen LogP contribution in [0.2, 0.25) is 5.02 Å². The van der Waals surface area contributed by atoms with E-state index >= 15 is 0 Å². The predicted octanol–water partition coefficient (Wildman–Crippen LogP) is 8.68. The molecule has 0 aliphatic heterocycles. The smallest absolute Gasteiger partial charge is 0.0440 e. The number of fused-ring (bicyclic) bond motifs is 8. The summed E-state index contributed by atoms with van der Waals surface area (Å²) in [6, 6.07) is 32.4. The van der Waals surface area contributed by atoms with E-state index in [4.69, 9.17) is 11.6 Å². The molecule has 0 N–H and O–H groups in total. The van der Waals surface area contributed by atoms with Gasteiger partial charge < -0.3 is 0 Å². The Labute approximate surface area is 171 Å². The van der Waals surface area contributed by atoms with Gasteiger partial charge in [-0.2, -0.15) is 0 Å². The second kappa shape index (κ2) is 6.07. The molecule has 0 aliphatic rings. The van der Waals surface area contributed by atoms with E-state index in [2.05, 4.69) is 84.9 Å². The van der Waals surface area contributed by atoms with Gasteiger partial charge in [-0.25, -0.2) is 0 Å². The van der Waals surface area contributed by atoms with E-state index in [1.165, 1.54) is 52.8 Å². The Balaban J connectivity index is 1.79. The Kier molecular flexibility index (Phi) is 3.49. The minimum absolute atomic E-state index is 0.782. The molecule has 0 nitrogen and oxygen atoms in total. The first-order valence-corrected chi connectivity index (χ1v) is 10.5. The second-order valence-electron chi connectivity index (χ2n) is 7.12. The van der Waals surface area contributed by atoms with Gasteiger partial charge in [0.1, 0.15) is 0 Å². The standard InChI is InChI=1S/C26H15ClS/c27-18-11-13-21-23(15-18)19-8-4-5-9-20(19)25-22-12-10-17(14-24(22)28-26(21)25)16-6-2-1-3-7-16/h1-15H. The number of rotatable bonds is 1. The van der Waals surface area contributed by atoms with Crippen LogP contribution < -0.4 is 0 Å². The zero-order valence-electron chi connectivity index (χ0n) is 14.9. The van der Waals surface area contributed by atoms with Crippen LogP contribution in [0.15, 0.2) is 91.0 Å². The summed E-state index contributed by atoms with van der Waals surface area (Å²) in [7, 11) is 0. The van der Waals surface area contributed by atoms with Crippen LogP contribution in [-0.2, 0) is 0 Å². The summed E-state index contributed by atoms with van der Waals surface area (Å²) in [6.07, 6.45) is 0. The Hall–Kier alpha value is -2.87. The lowest BCUT2D eigenvalue weighted by Gasteiger charge is -2.08. The molecule has 1 aromatic heterocycles. The van der Waals surface area contributed by atoms with Crippen LogP contribution in [0, 0.1) is 0 Å². The van der Waals surface area contributed by atoms with Gasteiger partial charge in [-0.1, -0.05) is 84.4 Å². The molecule has 28 heavy (non-hydrogen) atoms. The van der Waals surface area contributed by atoms with E-state index in [1.807, 2.05) is 17.4 Å². The minimum Gasteiger partial charge on any atom is -0.134 e. The van der Waals surface area contributed by atoms with Crippen molar-refractivity contribution >= 4 is 64.7 Å². The van der Waals surface area contributed by atoms with Gasteiger partial charge in [0.15, 0.2) is 0 Å². The van der Waals surface area contributed by atoms with Gasteiger partial charge in [-0.15, -0.1) is 11.3 Å². The van der Waals surface area contributed by atoms with Crippen molar-refractivity contribution in [2.24, 2.45) is 0 Å². The molecule has 6 rings (SSSR count). The number of benzene rings is 5. The molecule has 0 atom stereocenters. The van der Waals surface area contributed by atoms with Gasteiger partial charge in [0, 0.05) is 30.6 Å². The van der Waals surface area contributed by atoms with E-state index in [9.17, 15) is 0 Å². The molecule has 0 radical (unpaired) electrons. The van der Waals surface area contributed by atoms with Crippen LogP contribution in [0.4, 0.5) is 0 Å². The zero-order chi connectivity index (χ0) is 18.7. The van der Waals surface area contributed by atoms with Crippen LogP contribution in [-0.4, -0.2) is 0 Å². The highest BCUT2D eigenvalue weighted by Crippen LogP contribution is 2.45. The van der Waals surface area contributed by atoms with Gasteiger partial charge >= 0.3 is 0 Å². The molecule has 0 spiro atoms. The van der Waals surface area contributed by atoms with Crippen molar-refractivity contribution in [2.75, 3.05) is 0 Å². The van der Waals surface area contributed by atoms with Crippen molar-refractivity contribution in [3.05, 3.63) is 96.0 Å². The second-order valence-corrected chi connectivity index (χ2v) is 8.61. The maximum absolute atomic E-state index is 6.34. The summed E-state index contributed by atoms with van der Waals surface area (Å²) >= 11 is 8.22. The molecule has 2 heteroatoms. The first-order valence-electron chi connectivity index (χ1n) is 9.31. The highest BCUT2D eigenvalue weighted by molar-refractivity contribution is 7.27. The van der Waals surface area contributed by atoms with E-state index < -0.39 is 0 Å². The lowest BCUT2D eigenvalue weighted by molar-refractivity contribution is 1.66. The van der Waals surface area contributed by atoms with E-state index in [-0.39, 0.29) is 0 Å². The van der Waals surface area contributed by atoms with Gasteiger partial charge in [0.2, 0.25) is 0 Å². The third-order valence-corrected chi connectivity index (χ3v) is 6.93. The van der Waals surface area contributed by atoms with Crippen molar-refractivity contribution in [3.8, 4) is 11.1 Å². The van der Waals surface area contributed by atoms with Crippen molar-refractivity contribution < 1.29 is 0 Å². The van der Waals surface area contributed by atoms with Crippen molar-refractivity contribution in [3.63, 3.8) is 0 Å². The lowest BCUT2D eigenvalue weighted by atomic mass is 9.96. The fraction of sp³-hybridized carbons (Fsp3) is 0. The topological polar surface area (TPSA) is 0 Å². The van der Waals surface area contributed by atoms with E-state index in [1.54, 1.807) is 0 Å². The summed E-state index contributed by atoms with van der Waals surface area (Å²) in [4.78, 5) is 0. The molecule has 0 fully saturated rings. The summed E-state index contributed by atoms with van der Waals surface area (Å²) < 4.78 is 2.66. The van der Waals surface area contributed by atoms with Crippen LogP contribution >= 0.6 is 22.9 Å². The van der Waals surface area contributed by atoms with Crippen LogP contribution in [0.1, 0.15) is 0 Å². The normalized spacial score (nSPS) is 11.8. The van der Waals surface area contributed by atoms with Gasteiger partial charge in [0.05, 0.1) is 0 Å². The molecular weight excluding hydrogens is 380 g/mol.